The molecule has 6 heteroatoms. The van der Waals surface area contributed by atoms with Gasteiger partial charge in [0.2, 0.25) is 11.1 Å². The van der Waals surface area contributed by atoms with Crippen LogP contribution in [-0.2, 0) is 11.1 Å². The highest BCUT2D eigenvalue weighted by Gasteiger charge is 2.78. The first-order chi connectivity index (χ1) is 14.5. The molecule has 0 radical (unpaired) electrons. The molecule has 0 saturated heterocycles. The van der Waals surface area contributed by atoms with Crippen molar-refractivity contribution < 1.29 is 14.5 Å². The lowest BCUT2D eigenvalue weighted by Gasteiger charge is -2.30. The predicted octanol–water partition coefficient (Wildman–Crippen LogP) is 4.73. The first kappa shape index (κ1) is 18.0. The normalized spacial score (nSPS) is 17.7. The van der Waals surface area contributed by atoms with Crippen LogP contribution in [0.1, 0.15) is 24.0 Å². The fourth-order valence-corrected chi connectivity index (χ4v) is 5.06. The Balaban J connectivity index is 1.69. The molecular weight excluding hydrogens is 419 g/mol. The molecule has 1 aliphatic carbocycles. The summed E-state index contributed by atoms with van der Waals surface area (Å²) >= 11 is 12.4. The van der Waals surface area contributed by atoms with Crippen LogP contribution in [0.2, 0.25) is 10.0 Å². The van der Waals surface area contributed by atoms with Crippen LogP contribution >= 0.6 is 23.2 Å². The van der Waals surface area contributed by atoms with E-state index in [9.17, 15) is 5.11 Å². The monoisotopic (exact) mass is 434 g/mol. The van der Waals surface area contributed by atoms with Gasteiger partial charge in [-0.2, -0.15) is 0 Å². The third-order valence-electron chi connectivity index (χ3n) is 6.31. The molecule has 0 atom stereocenters. The van der Waals surface area contributed by atoms with E-state index in [0.29, 0.717) is 21.3 Å². The zero-order chi connectivity index (χ0) is 20.5. The van der Waals surface area contributed by atoms with Gasteiger partial charge in [0.1, 0.15) is 0 Å². The van der Waals surface area contributed by atoms with Crippen molar-refractivity contribution in [2.45, 2.75) is 24.0 Å². The molecular formula is C24H16Cl2N2O2. The van der Waals surface area contributed by atoms with E-state index in [1.165, 1.54) is 0 Å². The number of hydrogen-bond acceptors (Lipinski definition) is 3. The van der Waals surface area contributed by atoms with E-state index < -0.39 is 11.1 Å². The van der Waals surface area contributed by atoms with Crippen LogP contribution in [0.5, 0.6) is 11.8 Å². The Labute approximate surface area is 183 Å². The molecule has 1 saturated carbocycles. The van der Waals surface area contributed by atoms with Crippen molar-refractivity contribution >= 4 is 34.0 Å². The van der Waals surface area contributed by atoms with Crippen LogP contribution in [-0.4, -0.2) is 5.10 Å². The SMILES string of the molecule is [O-]c1n[n+]2c(c3ccccc13)OC(c1ccc(Cl)cc1)(c1ccc(Cl)cc1)C21CC1. The summed E-state index contributed by atoms with van der Waals surface area (Å²) < 4.78 is 8.69. The van der Waals surface area contributed by atoms with Gasteiger partial charge < -0.3 is 9.84 Å². The minimum atomic E-state index is -0.835. The summed E-state index contributed by atoms with van der Waals surface area (Å²) in [6.45, 7) is 0. The molecule has 30 heavy (non-hydrogen) atoms. The van der Waals surface area contributed by atoms with E-state index in [4.69, 9.17) is 27.9 Å². The summed E-state index contributed by atoms with van der Waals surface area (Å²) in [5, 5.41) is 19.9. The van der Waals surface area contributed by atoms with Crippen molar-refractivity contribution in [2.75, 3.05) is 0 Å². The summed E-state index contributed by atoms with van der Waals surface area (Å²) in [6.07, 6.45) is 1.70. The van der Waals surface area contributed by atoms with Gasteiger partial charge in [0.25, 0.3) is 0 Å². The molecule has 2 aliphatic rings. The first-order valence-corrected chi connectivity index (χ1v) is 10.5. The summed E-state index contributed by atoms with van der Waals surface area (Å²) in [5.74, 6) is 0.375. The number of ether oxygens (including phenoxy) is 1. The van der Waals surface area contributed by atoms with E-state index >= 15 is 0 Å². The van der Waals surface area contributed by atoms with Crippen molar-refractivity contribution in [1.29, 1.82) is 0 Å². The Kier molecular flexibility index (Phi) is 3.66. The minimum absolute atomic E-state index is 0.243. The molecule has 4 aromatic rings. The first-order valence-electron chi connectivity index (χ1n) is 9.79. The maximum Gasteiger partial charge on any atom is 0.403 e. The van der Waals surface area contributed by atoms with Gasteiger partial charge in [0.05, 0.1) is 11.3 Å². The van der Waals surface area contributed by atoms with Crippen molar-refractivity contribution in [3.63, 3.8) is 0 Å². The molecule has 148 valence electrons. The molecule has 1 spiro atoms. The van der Waals surface area contributed by atoms with Crippen LogP contribution in [0.4, 0.5) is 0 Å². The van der Waals surface area contributed by atoms with Crippen LogP contribution in [0.3, 0.4) is 0 Å². The van der Waals surface area contributed by atoms with Gasteiger partial charge in [0.15, 0.2) is 0 Å². The molecule has 0 amide bonds. The number of fused-ring (bicyclic) bond motifs is 4. The van der Waals surface area contributed by atoms with Crippen LogP contribution < -0.4 is 14.5 Å². The smallest absolute Gasteiger partial charge is 0.403 e. The summed E-state index contributed by atoms with van der Waals surface area (Å²) in [7, 11) is 0. The molecule has 0 unspecified atom stereocenters. The average Bonchev–Trinajstić information content (AvgIpc) is 3.51. The fourth-order valence-electron chi connectivity index (χ4n) is 4.81. The summed E-state index contributed by atoms with van der Waals surface area (Å²) in [6, 6.07) is 22.9. The zero-order valence-electron chi connectivity index (χ0n) is 15.8. The fraction of sp³-hybridized carbons (Fsp3) is 0.167. The second kappa shape index (κ2) is 6.10. The van der Waals surface area contributed by atoms with Gasteiger partial charge >= 0.3 is 5.88 Å². The van der Waals surface area contributed by atoms with E-state index in [0.717, 1.165) is 29.4 Å². The molecule has 0 N–H and O–H groups in total. The molecule has 3 aromatic carbocycles. The number of rotatable bonds is 2. The molecule has 4 nitrogen and oxygen atoms in total. The molecule has 1 aliphatic heterocycles. The van der Waals surface area contributed by atoms with Crippen molar-refractivity contribution in [3.05, 3.63) is 94.0 Å². The number of hydrogen-bond donors (Lipinski definition) is 0. The number of benzene rings is 3. The van der Waals surface area contributed by atoms with E-state index in [2.05, 4.69) is 5.10 Å². The Morgan fingerprint density at radius 1 is 0.800 bits per heavy atom. The average molecular weight is 435 g/mol. The standard InChI is InChI=1S/C24H16Cl2N2O2/c25-17-9-5-15(6-10-17)24(16-7-11-18(26)12-8-16)23(13-14-23)28-22(30-24)20-4-2-1-3-19(20)21(29)27-28/h1-12H,13-14H2. The van der Waals surface area contributed by atoms with Gasteiger partial charge in [-0.25, -0.2) is 0 Å². The number of aromatic nitrogens is 2. The second-order valence-corrected chi connectivity index (χ2v) is 8.77. The highest BCUT2D eigenvalue weighted by atomic mass is 35.5. The van der Waals surface area contributed by atoms with Crippen molar-refractivity contribution in [1.82, 2.24) is 5.10 Å². The Morgan fingerprint density at radius 2 is 1.33 bits per heavy atom. The van der Waals surface area contributed by atoms with E-state index in [1.54, 1.807) is 6.07 Å². The highest BCUT2D eigenvalue weighted by molar-refractivity contribution is 6.30. The zero-order valence-corrected chi connectivity index (χ0v) is 17.3. The Hall–Kier alpha value is -2.82. The molecule has 1 fully saturated rings. The topological polar surface area (TPSA) is 49.1 Å². The van der Waals surface area contributed by atoms with Crippen molar-refractivity contribution in [2.24, 2.45) is 0 Å². The van der Waals surface area contributed by atoms with Crippen molar-refractivity contribution in [3.8, 4) is 11.8 Å². The molecule has 0 bridgehead atoms. The minimum Gasteiger partial charge on any atom is -0.854 e. The van der Waals surface area contributed by atoms with Gasteiger partial charge in [-0.15, -0.1) is 0 Å². The maximum absolute atomic E-state index is 12.8. The van der Waals surface area contributed by atoms with Gasteiger partial charge in [0, 0.05) is 39.4 Å². The number of nitrogens with zero attached hydrogens (tertiary/aromatic N) is 2. The molecule has 2 heterocycles. The van der Waals surface area contributed by atoms with Gasteiger partial charge in [-0.3, -0.25) is 0 Å². The van der Waals surface area contributed by atoms with Crippen LogP contribution in [0.15, 0.2) is 72.8 Å². The third-order valence-corrected chi connectivity index (χ3v) is 6.81. The molecule has 1 aromatic heterocycles. The van der Waals surface area contributed by atoms with Crippen LogP contribution in [0, 0.1) is 0 Å². The predicted molar refractivity (Wildman–Crippen MR) is 113 cm³/mol. The Bertz CT molecular complexity index is 1250. The third kappa shape index (κ3) is 2.23. The van der Waals surface area contributed by atoms with E-state index in [1.807, 2.05) is 71.4 Å². The maximum atomic E-state index is 12.8. The van der Waals surface area contributed by atoms with Crippen LogP contribution in [0.25, 0.3) is 10.8 Å². The number of halogens is 2. The largest absolute Gasteiger partial charge is 0.854 e. The lowest BCUT2D eigenvalue weighted by Crippen LogP contribution is -2.56. The quantitative estimate of drug-likeness (QED) is 0.428. The van der Waals surface area contributed by atoms with Gasteiger partial charge in [-0.05, 0) is 40.1 Å². The highest BCUT2D eigenvalue weighted by Crippen LogP contribution is 2.62. The summed E-state index contributed by atoms with van der Waals surface area (Å²) in [5.41, 5.74) is 0.619. The van der Waals surface area contributed by atoms with Gasteiger partial charge in [-0.1, -0.05) is 65.7 Å². The second-order valence-electron chi connectivity index (χ2n) is 7.90. The Morgan fingerprint density at radius 3 is 1.87 bits per heavy atom. The lowest BCUT2D eigenvalue weighted by atomic mass is 9.78. The van der Waals surface area contributed by atoms with E-state index in [-0.39, 0.29) is 5.88 Å². The lowest BCUT2D eigenvalue weighted by molar-refractivity contribution is -0.783. The molecule has 6 rings (SSSR count). The summed E-state index contributed by atoms with van der Waals surface area (Å²) in [4.78, 5) is 0.